The van der Waals surface area contributed by atoms with Crippen molar-refractivity contribution in [3.05, 3.63) is 28.7 Å². The molecule has 1 aromatic heterocycles. The molecule has 0 spiro atoms. The fourth-order valence-corrected chi connectivity index (χ4v) is 8.24. The number of nitrogens with one attached hydrogen (secondary N) is 4. The Balaban J connectivity index is 1.58. The summed E-state index contributed by atoms with van der Waals surface area (Å²) in [5.74, 6) is 0. The van der Waals surface area contributed by atoms with Crippen molar-refractivity contribution in [3.63, 3.8) is 0 Å². The van der Waals surface area contributed by atoms with Gasteiger partial charge in [-0.3, -0.25) is 9.13 Å². The Morgan fingerprint density at radius 1 is 1.21 bits per heavy atom. The van der Waals surface area contributed by atoms with E-state index in [2.05, 4.69) is 34.7 Å². The Kier molecular flexibility index (Phi) is 6.31. The first-order chi connectivity index (χ1) is 16.0. The zero-order chi connectivity index (χ0) is 24.4. The van der Waals surface area contributed by atoms with Gasteiger partial charge in [-0.2, -0.15) is 0 Å². The molecule has 3 aliphatic rings. The molecular weight excluding hydrogens is 506 g/mol. The Bertz CT molecular complexity index is 1260. The van der Waals surface area contributed by atoms with Crippen molar-refractivity contribution >= 4 is 44.6 Å². The lowest BCUT2D eigenvalue weighted by Gasteiger charge is -2.15. The summed E-state index contributed by atoms with van der Waals surface area (Å²) in [6, 6.07) is 4.77. The predicted octanol–water partition coefficient (Wildman–Crippen LogP) is 1.96. The molecule has 0 amide bonds. The van der Waals surface area contributed by atoms with Gasteiger partial charge in [0.25, 0.3) is 6.43 Å². The number of benzene rings is 1. The Morgan fingerprint density at radius 3 is 2.53 bits per heavy atom. The minimum absolute atomic E-state index is 0.0410. The molecule has 3 fully saturated rings. The van der Waals surface area contributed by atoms with Crippen LogP contribution in [0.2, 0.25) is 0 Å². The molecule has 9 nitrogen and oxygen atoms in total. The van der Waals surface area contributed by atoms with Gasteiger partial charge in [0.1, 0.15) is 5.37 Å². The molecule has 2 aromatic rings. The van der Waals surface area contributed by atoms with Gasteiger partial charge in [-0.05, 0) is 51.8 Å². The first kappa shape index (κ1) is 24.5. The van der Waals surface area contributed by atoms with Crippen LogP contribution in [0.5, 0.6) is 0 Å². The molecule has 5 rings (SSSR count). The van der Waals surface area contributed by atoms with E-state index in [4.69, 9.17) is 0 Å². The third kappa shape index (κ3) is 4.53. The number of sulfonamides is 1. The summed E-state index contributed by atoms with van der Waals surface area (Å²) in [4.78, 5) is 13.6. The molecular formula is C20H28F2N6O3S3. The van der Waals surface area contributed by atoms with Crippen LogP contribution in [0.15, 0.2) is 27.9 Å². The molecule has 0 radical (unpaired) electrons. The second-order valence-corrected chi connectivity index (χ2v) is 13.9. The zero-order valence-corrected chi connectivity index (χ0v) is 21.4. The van der Waals surface area contributed by atoms with Crippen molar-refractivity contribution in [2.75, 3.05) is 0 Å². The maximum Gasteiger partial charge on any atom is 0.331 e. The van der Waals surface area contributed by atoms with Gasteiger partial charge in [0.05, 0.1) is 21.3 Å². The third-order valence-corrected chi connectivity index (χ3v) is 10.8. The van der Waals surface area contributed by atoms with Crippen molar-refractivity contribution in [1.29, 1.82) is 0 Å². The van der Waals surface area contributed by atoms with Crippen molar-refractivity contribution < 1.29 is 17.2 Å². The van der Waals surface area contributed by atoms with Gasteiger partial charge in [-0.15, -0.1) is 11.8 Å². The number of imidazole rings is 1. The lowest BCUT2D eigenvalue weighted by atomic mass is 10.2. The number of hydrogen-bond acceptors (Lipinski definition) is 8. The summed E-state index contributed by atoms with van der Waals surface area (Å²) < 4.78 is 58.3. The number of halogens is 2. The molecule has 2 aliphatic heterocycles. The van der Waals surface area contributed by atoms with Crippen LogP contribution in [0.1, 0.15) is 39.1 Å². The van der Waals surface area contributed by atoms with Gasteiger partial charge in [-0.1, -0.05) is 11.8 Å². The number of alkyl halides is 2. The highest BCUT2D eigenvalue weighted by molar-refractivity contribution is 8.00. The minimum Gasteiger partial charge on any atom is -0.302 e. The molecule has 3 heterocycles. The highest BCUT2D eigenvalue weighted by atomic mass is 32.2. The molecule has 34 heavy (non-hydrogen) atoms. The highest BCUT2D eigenvalue weighted by Gasteiger charge is 2.42. The number of rotatable bonds is 7. The summed E-state index contributed by atoms with van der Waals surface area (Å²) in [6.07, 6.45) is -1.10. The van der Waals surface area contributed by atoms with E-state index in [0.717, 1.165) is 24.6 Å². The van der Waals surface area contributed by atoms with Crippen molar-refractivity contribution in [2.45, 2.75) is 84.6 Å². The average molecular weight is 535 g/mol. The smallest absolute Gasteiger partial charge is 0.302 e. The van der Waals surface area contributed by atoms with E-state index >= 15 is 0 Å². The van der Waals surface area contributed by atoms with Gasteiger partial charge < -0.3 is 5.32 Å². The fourth-order valence-electron chi connectivity index (χ4n) is 4.39. The number of nitrogens with zero attached hydrogens (tertiary/aromatic N) is 2. The number of thioether (sulfide) groups is 2. The maximum atomic E-state index is 13.6. The SMILES string of the molecule is CC1NC(C)C(Cn2c(=O)n(C3NNC(C(F)F)S3)c3cc(S(=O)(=O)NC4(C)CC4)ccc32)S1. The molecule has 188 valence electrons. The molecule has 5 unspecified atom stereocenters. The largest absolute Gasteiger partial charge is 0.331 e. The number of hydrazine groups is 1. The van der Waals surface area contributed by atoms with Gasteiger partial charge in [-0.25, -0.2) is 37.6 Å². The molecule has 14 heteroatoms. The Labute approximate surface area is 204 Å². The van der Waals surface area contributed by atoms with Gasteiger partial charge in [0.2, 0.25) is 10.0 Å². The van der Waals surface area contributed by atoms with E-state index in [0.29, 0.717) is 17.6 Å². The second kappa shape index (κ2) is 8.75. The van der Waals surface area contributed by atoms with Gasteiger partial charge >= 0.3 is 5.69 Å². The molecule has 1 aromatic carbocycles. The van der Waals surface area contributed by atoms with Gasteiger partial charge in [0, 0.05) is 23.4 Å². The Hall–Kier alpha value is -1.16. The molecule has 1 saturated carbocycles. The molecule has 2 saturated heterocycles. The van der Waals surface area contributed by atoms with E-state index in [1.54, 1.807) is 22.4 Å². The van der Waals surface area contributed by atoms with Gasteiger partial charge in [0.15, 0.2) is 5.50 Å². The summed E-state index contributed by atoms with van der Waals surface area (Å²) in [5.41, 5.74) is 4.61. The molecule has 0 bridgehead atoms. The first-order valence-electron chi connectivity index (χ1n) is 11.1. The summed E-state index contributed by atoms with van der Waals surface area (Å²) in [5, 5.41) is 2.63. The van der Waals surface area contributed by atoms with Crippen LogP contribution in [-0.2, 0) is 16.6 Å². The van der Waals surface area contributed by atoms with Crippen molar-refractivity contribution in [3.8, 4) is 0 Å². The zero-order valence-electron chi connectivity index (χ0n) is 18.9. The third-order valence-electron chi connectivity index (χ3n) is 6.51. The summed E-state index contributed by atoms with van der Waals surface area (Å²) in [6.45, 7) is 6.38. The van der Waals surface area contributed by atoms with E-state index < -0.39 is 32.9 Å². The molecule has 1 aliphatic carbocycles. The first-order valence-corrected chi connectivity index (χ1v) is 14.5. The van der Waals surface area contributed by atoms with Crippen molar-refractivity contribution in [2.24, 2.45) is 0 Å². The molecule has 5 atom stereocenters. The average Bonchev–Trinajstić information content (AvgIpc) is 3.09. The van der Waals surface area contributed by atoms with Crippen LogP contribution in [0.25, 0.3) is 11.0 Å². The lowest BCUT2D eigenvalue weighted by Crippen LogP contribution is -2.38. The predicted molar refractivity (Wildman–Crippen MR) is 130 cm³/mol. The second-order valence-electron chi connectivity index (χ2n) is 9.38. The number of aromatic nitrogens is 2. The van der Waals surface area contributed by atoms with Crippen LogP contribution < -0.4 is 26.6 Å². The highest BCUT2D eigenvalue weighted by Crippen LogP contribution is 2.37. The van der Waals surface area contributed by atoms with Crippen LogP contribution >= 0.6 is 23.5 Å². The maximum absolute atomic E-state index is 13.6. The van der Waals surface area contributed by atoms with E-state index in [9.17, 15) is 22.0 Å². The molecule has 4 N–H and O–H groups in total. The standard InChI is InChI=1S/C20H28F2N6O3S3/c1-10-15(32-11(2)23-10)9-27-13-5-4-12(34(30,31)26-20(3)6-7-20)8-14(13)28(19(27)29)18-25-24-17(33-18)16(21)22/h4-5,8,10-11,15-18,23-26H,6-7,9H2,1-3H3. The minimum atomic E-state index is -3.81. The Morgan fingerprint density at radius 2 is 1.94 bits per heavy atom. The van der Waals surface area contributed by atoms with Crippen LogP contribution in [0.3, 0.4) is 0 Å². The van der Waals surface area contributed by atoms with Crippen molar-refractivity contribution in [1.82, 2.24) is 30.0 Å². The van der Waals surface area contributed by atoms with Crippen LogP contribution in [-0.4, -0.2) is 51.6 Å². The van der Waals surface area contributed by atoms with E-state index in [-0.39, 0.29) is 27.3 Å². The number of hydrogen-bond donors (Lipinski definition) is 4. The summed E-state index contributed by atoms with van der Waals surface area (Å²) in [7, 11) is -3.81. The van der Waals surface area contributed by atoms with E-state index in [1.807, 2.05) is 6.92 Å². The van der Waals surface area contributed by atoms with Crippen LogP contribution in [0.4, 0.5) is 8.78 Å². The van der Waals surface area contributed by atoms with Crippen LogP contribution in [0, 0.1) is 0 Å². The monoisotopic (exact) mass is 534 g/mol. The van der Waals surface area contributed by atoms with E-state index in [1.165, 1.54) is 16.7 Å². The topological polar surface area (TPSA) is 109 Å². The number of fused-ring (bicyclic) bond motifs is 1. The summed E-state index contributed by atoms with van der Waals surface area (Å²) >= 11 is 2.62. The quantitative estimate of drug-likeness (QED) is 0.427. The fraction of sp³-hybridized carbons (Fsp3) is 0.650. The lowest BCUT2D eigenvalue weighted by molar-refractivity contribution is 0.131. The normalized spacial score (nSPS) is 31.1.